The fourth-order valence-corrected chi connectivity index (χ4v) is 3.56. The average Bonchev–Trinajstić information content (AvgIpc) is 2.73. The molecule has 0 unspecified atom stereocenters. The lowest BCUT2D eigenvalue weighted by Crippen LogP contribution is -2.47. The van der Waals surface area contributed by atoms with Crippen molar-refractivity contribution in [2.24, 2.45) is 5.73 Å². The number of aryl methyl sites for hydroxylation is 2. The van der Waals surface area contributed by atoms with Crippen molar-refractivity contribution in [3.05, 3.63) is 71.6 Å². The van der Waals surface area contributed by atoms with Crippen molar-refractivity contribution in [2.45, 2.75) is 32.2 Å². The van der Waals surface area contributed by atoms with Crippen molar-refractivity contribution >= 4 is 17.7 Å². The van der Waals surface area contributed by atoms with Crippen LogP contribution in [0.2, 0.25) is 0 Å². The Morgan fingerprint density at radius 2 is 2.13 bits per heavy atom. The van der Waals surface area contributed by atoms with E-state index in [4.69, 9.17) is 15.2 Å². The molecule has 158 valence electrons. The van der Waals surface area contributed by atoms with Gasteiger partial charge in [0.1, 0.15) is 18.2 Å². The molecule has 1 atom stereocenters. The van der Waals surface area contributed by atoms with Crippen LogP contribution < -0.4 is 15.4 Å². The van der Waals surface area contributed by atoms with Crippen LogP contribution in [0.15, 0.2) is 49.1 Å². The maximum absolute atomic E-state index is 14.4. The Morgan fingerprint density at radius 3 is 2.87 bits per heavy atom. The van der Waals surface area contributed by atoms with E-state index in [1.54, 1.807) is 24.3 Å². The molecule has 3 rings (SSSR count). The van der Waals surface area contributed by atoms with Crippen molar-refractivity contribution in [2.75, 3.05) is 18.1 Å². The van der Waals surface area contributed by atoms with E-state index in [0.717, 1.165) is 29.5 Å². The third-order valence-electron chi connectivity index (χ3n) is 5.03. The van der Waals surface area contributed by atoms with Gasteiger partial charge >= 0.3 is 6.16 Å². The highest BCUT2D eigenvalue weighted by atomic mass is 19.1. The van der Waals surface area contributed by atoms with Crippen LogP contribution >= 0.6 is 0 Å². The fraction of sp³-hybridized carbons (Fsp3) is 0.304. The number of para-hydroxylation sites is 1. The minimum absolute atomic E-state index is 0.0626. The summed E-state index contributed by atoms with van der Waals surface area (Å²) in [6.07, 6.45) is 2.41. The molecule has 1 heterocycles. The number of nitrogens with two attached hydrogens (primary N) is 1. The molecule has 0 aromatic heterocycles. The van der Waals surface area contributed by atoms with Crippen LogP contribution in [0.3, 0.4) is 0 Å². The molecule has 0 saturated carbocycles. The van der Waals surface area contributed by atoms with Crippen molar-refractivity contribution in [3.8, 4) is 5.75 Å². The van der Waals surface area contributed by atoms with Crippen molar-refractivity contribution < 1.29 is 23.5 Å². The van der Waals surface area contributed by atoms with E-state index in [2.05, 4.69) is 6.58 Å². The van der Waals surface area contributed by atoms with Gasteiger partial charge in [-0.1, -0.05) is 30.9 Å². The molecule has 1 amide bonds. The Balaban J connectivity index is 1.69. The van der Waals surface area contributed by atoms with Gasteiger partial charge < -0.3 is 20.1 Å². The normalized spacial score (nSPS) is 13.9. The predicted octanol–water partition coefficient (Wildman–Crippen LogP) is 3.68. The Kier molecular flexibility index (Phi) is 6.84. The molecular formula is C23H25FN2O4. The van der Waals surface area contributed by atoms with E-state index in [1.807, 2.05) is 13.0 Å². The second-order valence-corrected chi connectivity index (χ2v) is 7.19. The molecule has 2 N–H and O–H groups in total. The molecule has 0 radical (unpaired) electrons. The molecule has 2 aromatic rings. The van der Waals surface area contributed by atoms with Crippen LogP contribution in [0.1, 0.15) is 23.1 Å². The number of carbonyl (C=O) groups is 2. The van der Waals surface area contributed by atoms with Gasteiger partial charge in [0.2, 0.25) is 5.91 Å². The van der Waals surface area contributed by atoms with Crippen LogP contribution in [0.4, 0.5) is 14.9 Å². The van der Waals surface area contributed by atoms with Gasteiger partial charge in [0.25, 0.3) is 0 Å². The summed E-state index contributed by atoms with van der Waals surface area (Å²) in [4.78, 5) is 26.0. The third kappa shape index (κ3) is 4.86. The quantitative estimate of drug-likeness (QED) is 0.445. The van der Waals surface area contributed by atoms with Crippen LogP contribution in [0, 0.1) is 12.7 Å². The maximum Gasteiger partial charge on any atom is 0.514 e. The second-order valence-electron chi connectivity index (χ2n) is 7.19. The first kappa shape index (κ1) is 21.5. The summed E-state index contributed by atoms with van der Waals surface area (Å²) in [5.41, 5.74) is 9.02. The molecule has 0 aliphatic carbocycles. The lowest BCUT2D eigenvalue weighted by molar-refractivity contribution is -0.119. The number of nitrogens with zero attached hydrogens (tertiary/aromatic N) is 1. The molecule has 0 fully saturated rings. The van der Waals surface area contributed by atoms with Crippen molar-refractivity contribution in [3.63, 3.8) is 0 Å². The highest BCUT2D eigenvalue weighted by Gasteiger charge is 2.29. The number of fused-ring (bicyclic) bond motifs is 1. The lowest BCUT2D eigenvalue weighted by atomic mass is 9.97. The Labute approximate surface area is 175 Å². The number of benzene rings is 2. The molecule has 0 bridgehead atoms. The minimum atomic E-state index is -0.821. The van der Waals surface area contributed by atoms with Gasteiger partial charge in [-0.25, -0.2) is 9.18 Å². The number of hydrogen-bond donors (Lipinski definition) is 1. The van der Waals surface area contributed by atoms with E-state index >= 15 is 0 Å². The van der Waals surface area contributed by atoms with Crippen LogP contribution in [-0.4, -0.2) is 31.3 Å². The molecule has 7 heteroatoms. The Hall–Kier alpha value is -3.19. The zero-order chi connectivity index (χ0) is 21.7. The smallest absolute Gasteiger partial charge is 0.430 e. The third-order valence-corrected chi connectivity index (χ3v) is 5.03. The molecule has 1 aliphatic rings. The minimum Gasteiger partial charge on any atom is -0.430 e. The van der Waals surface area contributed by atoms with Gasteiger partial charge in [0.05, 0.1) is 11.7 Å². The fourth-order valence-electron chi connectivity index (χ4n) is 3.56. The molecule has 0 spiro atoms. The summed E-state index contributed by atoms with van der Waals surface area (Å²) < 4.78 is 24.3. The average molecular weight is 412 g/mol. The molecule has 30 heavy (non-hydrogen) atoms. The topological polar surface area (TPSA) is 81.9 Å². The van der Waals surface area contributed by atoms with Gasteiger partial charge in [-0.3, -0.25) is 4.79 Å². The number of hydrogen-bond acceptors (Lipinski definition) is 5. The number of carbonyl (C=O) groups excluding carboxylic acids is 2. The largest absolute Gasteiger partial charge is 0.514 e. The standard InChI is InChI=1S/C23H25FN2O4/c1-3-12-29-23(28)30-18-10-9-17(15(2)13-18)14-20(25)22(27)26-11-5-7-16-6-4-8-19(24)21(16)26/h3-4,6,8-10,13,20H,1,5,7,11-12,14,25H2,2H3/t20-/m0/s1. The number of anilines is 1. The monoisotopic (exact) mass is 412 g/mol. The SMILES string of the molecule is C=CCOC(=O)Oc1ccc(C[C@H](N)C(=O)N2CCCc3cccc(F)c32)c(C)c1. The summed E-state index contributed by atoms with van der Waals surface area (Å²) in [6, 6.07) is 9.08. The molecule has 1 aliphatic heterocycles. The summed E-state index contributed by atoms with van der Waals surface area (Å²) in [6.45, 7) is 5.81. The summed E-state index contributed by atoms with van der Waals surface area (Å²) >= 11 is 0. The maximum atomic E-state index is 14.4. The van der Waals surface area contributed by atoms with Crippen molar-refractivity contribution in [1.82, 2.24) is 0 Å². The van der Waals surface area contributed by atoms with E-state index in [1.165, 1.54) is 17.0 Å². The number of rotatable bonds is 6. The van der Waals surface area contributed by atoms with E-state index in [-0.39, 0.29) is 18.9 Å². The van der Waals surface area contributed by atoms with E-state index < -0.39 is 18.0 Å². The Bertz CT molecular complexity index is 960. The highest BCUT2D eigenvalue weighted by molar-refractivity contribution is 5.98. The van der Waals surface area contributed by atoms with Crippen molar-refractivity contribution in [1.29, 1.82) is 0 Å². The summed E-state index contributed by atoms with van der Waals surface area (Å²) in [5, 5.41) is 0. The molecule has 2 aromatic carbocycles. The first-order chi connectivity index (χ1) is 14.4. The van der Waals surface area contributed by atoms with Gasteiger partial charge in [-0.2, -0.15) is 0 Å². The van der Waals surface area contributed by atoms with Gasteiger partial charge in [0.15, 0.2) is 0 Å². The van der Waals surface area contributed by atoms with E-state index in [0.29, 0.717) is 18.0 Å². The summed E-state index contributed by atoms with van der Waals surface area (Å²) in [7, 11) is 0. The summed E-state index contributed by atoms with van der Waals surface area (Å²) in [5.74, 6) is -0.389. The molecule has 6 nitrogen and oxygen atoms in total. The predicted molar refractivity (Wildman–Crippen MR) is 112 cm³/mol. The number of amides is 1. The molecular weight excluding hydrogens is 387 g/mol. The Morgan fingerprint density at radius 1 is 1.33 bits per heavy atom. The first-order valence-corrected chi connectivity index (χ1v) is 9.80. The van der Waals surface area contributed by atoms with Crippen LogP contribution in [0.5, 0.6) is 5.75 Å². The van der Waals surface area contributed by atoms with Gasteiger partial charge in [0, 0.05) is 6.54 Å². The lowest BCUT2D eigenvalue weighted by Gasteiger charge is -2.31. The molecule has 0 saturated heterocycles. The first-order valence-electron chi connectivity index (χ1n) is 9.80. The van der Waals surface area contributed by atoms with Crippen LogP contribution in [-0.2, 0) is 22.4 Å². The van der Waals surface area contributed by atoms with Crippen LogP contribution in [0.25, 0.3) is 0 Å². The van der Waals surface area contributed by atoms with Gasteiger partial charge in [-0.15, -0.1) is 0 Å². The zero-order valence-corrected chi connectivity index (χ0v) is 16.9. The number of ether oxygens (including phenoxy) is 2. The van der Waals surface area contributed by atoms with E-state index in [9.17, 15) is 14.0 Å². The zero-order valence-electron chi connectivity index (χ0n) is 16.9. The highest BCUT2D eigenvalue weighted by Crippen LogP contribution is 2.30. The van der Waals surface area contributed by atoms with Gasteiger partial charge in [-0.05, 0) is 61.1 Å². The number of halogens is 1. The second kappa shape index (κ2) is 9.54.